The van der Waals surface area contributed by atoms with Crippen molar-refractivity contribution < 1.29 is 22.5 Å². The molecule has 0 saturated heterocycles. The number of hydrogen-bond acceptors (Lipinski definition) is 6. The van der Waals surface area contributed by atoms with Crippen LogP contribution >= 0.6 is 12.0 Å². The SMILES string of the molecule is CCOc1cc(F)c([C@@H]2CN=C(NOCCOSCC)C2)c(F)c1. The van der Waals surface area contributed by atoms with Crippen LogP contribution in [0.5, 0.6) is 5.75 Å². The Balaban J connectivity index is 1.84. The van der Waals surface area contributed by atoms with Gasteiger partial charge in [0.25, 0.3) is 0 Å². The summed E-state index contributed by atoms with van der Waals surface area (Å²) < 4.78 is 38.7. The van der Waals surface area contributed by atoms with E-state index in [4.69, 9.17) is 13.8 Å². The van der Waals surface area contributed by atoms with E-state index < -0.39 is 11.6 Å². The molecule has 1 aliphatic heterocycles. The highest BCUT2D eigenvalue weighted by Gasteiger charge is 2.27. The topological polar surface area (TPSA) is 52.1 Å². The summed E-state index contributed by atoms with van der Waals surface area (Å²) in [4.78, 5) is 9.47. The van der Waals surface area contributed by atoms with Crippen molar-refractivity contribution in [2.45, 2.75) is 26.2 Å². The Kier molecular flexibility index (Phi) is 7.74. The normalized spacial score (nSPS) is 17.0. The molecule has 5 nitrogen and oxygen atoms in total. The second-order valence-electron chi connectivity index (χ2n) is 5.10. The first kappa shape index (κ1) is 19.0. The van der Waals surface area contributed by atoms with E-state index in [9.17, 15) is 8.78 Å². The van der Waals surface area contributed by atoms with Crippen LogP contribution in [0.2, 0.25) is 0 Å². The van der Waals surface area contributed by atoms with Crippen LogP contribution in [-0.2, 0) is 9.02 Å². The largest absolute Gasteiger partial charge is 0.494 e. The average Bonchev–Trinajstić information content (AvgIpc) is 2.99. The molecule has 8 heteroatoms. The van der Waals surface area contributed by atoms with Gasteiger partial charge in [0.05, 0.1) is 19.8 Å². The van der Waals surface area contributed by atoms with E-state index in [1.807, 2.05) is 6.92 Å². The first-order valence-corrected chi connectivity index (χ1v) is 8.84. The van der Waals surface area contributed by atoms with Gasteiger partial charge in [-0.1, -0.05) is 6.92 Å². The lowest BCUT2D eigenvalue weighted by atomic mass is 9.96. The monoisotopic (exact) mass is 360 g/mol. The number of ether oxygens (including phenoxy) is 1. The van der Waals surface area contributed by atoms with Crippen LogP contribution in [0.3, 0.4) is 0 Å². The summed E-state index contributed by atoms with van der Waals surface area (Å²) >= 11 is 1.36. The van der Waals surface area contributed by atoms with Crippen molar-refractivity contribution in [2.24, 2.45) is 4.99 Å². The number of halogens is 2. The van der Waals surface area contributed by atoms with Gasteiger partial charge in [0.15, 0.2) is 0 Å². The maximum absolute atomic E-state index is 14.2. The fourth-order valence-corrected chi connectivity index (χ4v) is 2.76. The van der Waals surface area contributed by atoms with E-state index in [2.05, 4.69) is 10.5 Å². The molecule has 1 aromatic carbocycles. The first-order valence-electron chi connectivity index (χ1n) is 7.93. The van der Waals surface area contributed by atoms with Gasteiger partial charge in [0.2, 0.25) is 0 Å². The second kappa shape index (κ2) is 9.80. The molecule has 134 valence electrons. The van der Waals surface area contributed by atoms with E-state index in [0.29, 0.717) is 38.6 Å². The van der Waals surface area contributed by atoms with Crippen molar-refractivity contribution in [3.8, 4) is 5.75 Å². The number of benzene rings is 1. The van der Waals surface area contributed by atoms with Gasteiger partial charge in [-0.3, -0.25) is 15.3 Å². The fourth-order valence-electron chi connectivity index (χ4n) is 2.40. The second-order valence-corrected chi connectivity index (χ2v) is 6.15. The number of hydrogen-bond donors (Lipinski definition) is 1. The lowest BCUT2D eigenvalue weighted by Gasteiger charge is -2.14. The summed E-state index contributed by atoms with van der Waals surface area (Å²) in [5.74, 6) is 0.0917. The van der Waals surface area contributed by atoms with Crippen molar-refractivity contribution in [1.29, 1.82) is 0 Å². The molecular formula is C16H22F2N2O3S. The van der Waals surface area contributed by atoms with Gasteiger partial charge < -0.3 is 8.92 Å². The molecule has 1 heterocycles. The van der Waals surface area contributed by atoms with Gasteiger partial charge in [-0.2, -0.15) is 0 Å². The summed E-state index contributed by atoms with van der Waals surface area (Å²) in [5.41, 5.74) is 2.76. The zero-order valence-corrected chi connectivity index (χ0v) is 14.6. The van der Waals surface area contributed by atoms with Gasteiger partial charge in [0, 0.05) is 42.3 Å². The van der Waals surface area contributed by atoms with E-state index in [-0.39, 0.29) is 17.2 Å². The predicted octanol–water partition coefficient (Wildman–Crippen LogP) is 3.46. The third-order valence-corrected chi connectivity index (χ3v) is 3.94. The number of amidine groups is 1. The van der Waals surface area contributed by atoms with Crippen molar-refractivity contribution >= 4 is 17.9 Å². The molecule has 0 radical (unpaired) electrons. The number of nitrogens with one attached hydrogen (secondary N) is 1. The van der Waals surface area contributed by atoms with Crippen LogP contribution in [0.25, 0.3) is 0 Å². The average molecular weight is 360 g/mol. The molecular weight excluding hydrogens is 338 g/mol. The Morgan fingerprint density at radius 1 is 1.25 bits per heavy atom. The summed E-state index contributed by atoms with van der Waals surface area (Å²) in [6.07, 6.45) is 0.395. The standard InChI is InChI=1S/C16H22F2N2O3S/c1-3-21-12-8-13(17)16(14(18)9-12)11-7-15(19-10-11)20-22-5-6-23-24-4-2/h8-9,11H,3-7,10H2,1-2H3,(H,19,20)/t11-/m0/s1. The van der Waals surface area contributed by atoms with Crippen molar-refractivity contribution in [3.63, 3.8) is 0 Å². The highest BCUT2D eigenvalue weighted by molar-refractivity contribution is 7.94. The molecule has 1 N–H and O–H groups in total. The molecule has 24 heavy (non-hydrogen) atoms. The lowest BCUT2D eigenvalue weighted by molar-refractivity contribution is 0.0634. The molecule has 0 bridgehead atoms. The molecule has 0 spiro atoms. The molecule has 1 aliphatic rings. The van der Waals surface area contributed by atoms with Gasteiger partial charge >= 0.3 is 0 Å². The minimum atomic E-state index is -0.606. The predicted molar refractivity (Wildman–Crippen MR) is 90.4 cm³/mol. The summed E-state index contributed by atoms with van der Waals surface area (Å²) in [7, 11) is 0. The molecule has 1 aromatic rings. The summed E-state index contributed by atoms with van der Waals surface area (Å²) in [6.45, 7) is 5.24. The minimum Gasteiger partial charge on any atom is -0.494 e. The van der Waals surface area contributed by atoms with Crippen LogP contribution in [0.1, 0.15) is 31.7 Å². The Bertz CT molecular complexity index is 549. The Morgan fingerprint density at radius 2 is 2.00 bits per heavy atom. The van der Waals surface area contributed by atoms with E-state index >= 15 is 0 Å². The number of aliphatic imine (C=N–C) groups is 1. The van der Waals surface area contributed by atoms with Gasteiger partial charge in [0.1, 0.15) is 23.2 Å². The highest BCUT2D eigenvalue weighted by Crippen LogP contribution is 2.32. The zero-order chi connectivity index (χ0) is 17.4. The fraction of sp³-hybridized carbons (Fsp3) is 0.562. The van der Waals surface area contributed by atoms with Crippen LogP contribution in [0.4, 0.5) is 8.78 Å². The van der Waals surface area contributed by atoms with E-state index in [1.54, 1.807) is 6.92 Å². The third kappa shape index (κ3) is 5.32. The van der Waals surface area contributed by atoms with Crippen molar-refractivity contribution in [3.05, 3.63) is 29.3 Å². The maximum Gasteiger partial charge on any atom is 0.133 e. The zero-order valence-electron chi connectivity index (χ0n) is 13.8. The van der Waals surface area contributed by atoms with Crippen LogP contribution in [-0.4, -0.2) is 38.0 Å². The molecule has 2 rings (SSSR count). The Labute approximate surface area is 144 Å². The van der Waals surface area contributed by atoms with Crippen LogP contribution in [0, 0.1) is 11.6 Å². The minimum absolute atomic E-state index is 0.0432. The van der Waals surface area contributed by atoms with Gasteiger partial charge in [-0.25, -0.2) is 8.78 Å². The Morgan fingerprint density at radius 3 is 2.67 bits per heavy atom. The summed E-state index contributed by atoms with van der Waals surface area (Å²) in [5, 5.41) is 0. The smallest absolute Gasteiger partial charge is 0.133 e. The van der Waals surface area contributed by atoms with Crippen molar-refractivity contribution in [2.75, 3.05) is 32.1 Å². The van der Waals surface area contributed by atoms with E-state index in [1.165, 1.54) is 24.2 Å². The molecule has 1 atom stereocenters. The van der Waals surface area contributed by atoms with Gasteiger partial charge in [-0.05, 0) is 19.0 Å². The quantitative estimate of drug-likeness (QED) is 0.415. The first-order chi connectivity index (χ1) is 11.7. The molecule has 0 saturated carbocycles. The summed E-state index contributed by atoms with van der Waals surface area (Å²) in [6, 6.07) is 2.43. The highest BCUT2D eigenvalue weighted by atomic mass is 32.2. The number of rotatable bonds is 9. The van der Waals surface area contributed by atoms with Crippen molar-refractivity contribution in [1.82, 2.24) is 5.48 Å². The molecule has 0 unspecified atom stereocenters. The molecule has 0 aromatic heterocycles. The van der Waals surface area contributed by atoms with Crippen LogP contribution < -0.4 is 10.2 Å². The Hall–Kier alpha value is -1.38. The number of nitrogens with zero attached hydrogens (tertiary/aromatic N) is 1. The van der Waals surface area contributed by atoms with E-state index in [0.717, 1.165) is 5.75 Å². The van der Waals surface area contributed by atoms with Crippen LogP contribution in [0.15, 0.2) is 17.1 Å². The number of hydroxylamine groups is 1. The maximum atomic E-state index is 14.2. The lowest BCUT2D eigenvalue weighted by Crippen LogP contribution is -2.24. The third-order valence-electron chi connectivity index (χ3n) is 3.37. The molecule has 0 aliphatic carbocycles. The molecule has 0 amide bonds. The van der Waals surface area contributed by atoms with Gasteiger partial charge in [-0.15, -0.1) is 0 Å². The molecule has 0 fully saturated rings.